The zero-order chi connectivity index (χ0) is 25.8. The van der Waals surface area contributed by atoms with E-state index in [1.807, 2.05) is 13.0 Å². The summed E-state index contributed by atoms with van der Waals surface area (Å²) in [6, 6.07) is 0. The van der Waals surface area contributed by atoms with E-state index in [0.717, 1.165) is 38.5 Å². The van der Waals surface area contributed by atoms with Gasteiger partial charge in [0.05, 0.1) is 0 Å². The van der Waals surface area contributed by atoms with Crippen LogP contribution in [0.5, 0.6) is 0 Å². The Morgan fingerprint density at radius 3 is 1.60 bits per heavy atom. The first-order chi connectivity index (χ1) is 16.5. The van der Waals surface area contributed by atoms with Crippen LogP contribution in [-0.4, -0.2) is 18.0 Å². The molecule has 0 aromatic heterocycles. The Morgan fingerprint density at radius 1 is 0.743 bits per heavy atom. The summed E-state index contributed by atoms with van der Waals surface area (Å²) in [5.41, 5.74) is 7.36. The van der Waals surface area contributed by atoms with Gasteiger partial charge in [0.15, 0.2) is 0 Å². The van der Waals surface area contributed by atoms with Gasteiger partial charge in [-0.25, -0.2) is 9.59 Å². The van der Waals surface area contributed by atoms with Crippen molar-refractivity contribution in [3.05, 3.63) is 94.4 Å². The largest absolute Gasteiger partial charge is 0.458 e. The molecular formula is C31H38O4. The van der Waals surface area contributed by atoms with E-state index in [4.69, 9.17) is 9.47 Å². The molecule has 0 heterocycles. The Bertz CT molecular complexity index is 1110. The maximum absolute atomic E-state index is 12.0. The molecule has 0 fully saturated rings. The van der Waals surface area contributed by atoms with E-state index in [9.17, 15) is 9.59 Å². The number of esters is 2. The van der Waals surface area contributed by atoms with Gasteiger partial charge in [0.25, 0.3) is 0 Å². The number of carbonyl (C=O) groups is 2. The van der Waals surface area contributed by atoms with Gasteiger partial charge >= 0.3 is 11.9 Å². The van der Waals surface area contributed by atoms with Crippen molar-refractivity contribution in [2.75, 3.05) is 0 Å². The highest BCUT2D eigenvalue weighted by atomic mass is 16.5. The fourth-order valence-corrected chi connectivity index (χ4v) is 4.46. The van der Waals surface area contributed by atoms with Crippen molar-refractivity contribution in [2.45, 2.75) is 79.2 Å². The summed E-state index contributed by atoms with van der Waals surface area (Å²) in [5, 5.41) is 0. The number of allylic oxidation sites excluding steroid dienone is 11. The minimum atomic E-state index is -0.360. The van der Waals surface area contributed by atoms with Gasteiger partial charge in [-0.3, -0.25) is 0 Å². The van der Waals surface area contributed by atoms with Crippen LogP contribution in [0.1, 0.15) is 73.1 Å². The first-order valence-electron chi connectivity index (χ1n) is 12.4. The summed E-state index contributed by atoms with van der Waals surface area (Å²) in [6.45, 7) is 16.9. The van der Waals surface area contributed by atoms with Crippen LogP contribution in [0.15, 0.2) is 94.4 Å². The fourth-order valence-electron chi connectivity index (χ4n) is 4.46. The standard InChI is InChI=1S/C31H38O4/c1-20(2)29(32)34-22(5)31(6,7)27-16-12-25(13-17-27)23-8-10-24(11-9-23)26-14-18-28(19-15-26)35-30(33)21(3)4/h8,10,12,14,16,18,22H,1,3,9,11,13,15,17,19H2,2,4-7H3. The maximum atomic E-state index is 12.0. The first kappa shape index (κ1) is 26.5. The number of hydrogen-bond donors (Lipinski definition) is 0. The Balaban J connectivity index is 1.66. The molecular weight excluding hydrogens is 436 g/mol. The molecule has 1 unspecified atom stereocenters. The van der Waals surface area contributed by atoms with Crippen LogP contribution in [0.3, 0.4) is 0 Å². The molecule has 3 aliphatic rings. The Morgan fingerprint density at radius 2 is 1.20 bits per heavy atom. The van der Waals surface area contributed by atoms with E-state index in [1.54, 1.807) is 13.8 Å². The molecule has 3 aliphatic carbocycles. The van der Waals surface area contributed by atoms with Gasteiger partial charge in [0.1, 0.15) is 11.9 Å². The molecule has 1 atom stereocenters. The van der Waals surface area contributed by atoms with Crippen LogP contribution >= 0.6 is 0 Å². The second-order valence-corrected chi connectivity index (χ2v) is 10.3. The van der Waals surface area contributed by atoms with Crippen molar-refractivity contribution in [1.29, 1.82) is 0 Å². The molecule has 3 rings (SSSR count). The molecule has 0 amide bonds. The van der Waals surface area contributed by atoms with Crippen LogP contribution in [0.4, 0.5) is 0 Å². The summed E-state index contributed by atoms with van der Waals surface area (Å²) < 4.78 is 11.0. The molecule has 186 valence electrons. The van der Waals surface area contributed by atoms with E-state index in [2.05, 4.69) is 57.4 Å². The van der Waals surface area contributed by atoms with Crippen molar-refractivity contribution in [1.82, 2.24) is 0 Å². The normalized spacial score (nSPS) is 19.1. The summed E-state index contributed by atoms with van der Waals surface area (Å²) in [7, 11) is 0. The third kappa shape index (κ3) is 6.50. The molecule has 0 aromatic rings. The van der Waals surface area contributed by atoms with Crippen molar-refractivity contribution in [2.24, 2.45) is 5.41 Å². The fraction of sp³-hybridized carbons (Fsp3) is 0.419. The number of ether oxygens (including phenoxy) is 2. The second kappa shape index (κ2) is 11.1. The average Bonchev–Trinajstić information content (AvgIpc) is 2.84. The van der Waals surface area contributed by atoms with E-state index in [0.29, 0.717) is 16.9 Å². The van der Waals surface area contributed by atoms with Crippen LogP contribution in [0, 0.1) is 5.41 Å². The van der Waals surface area contributed by atoms with Crippen LogP contribution < -0.4 is 0 Å². The quantitative estimate of drug-likeness (QED) is 0.269. The van der Waals surface area contributed by atoms with Crippen LogP contribution in [0.25, 0.3) is 0 Å². The molecule has 0 saturated carbocycles. The number of carbonyl (C=O) groups excluding carboxylic acids is 2. The monoisotopic (exact) mass is 474 g/mol. The predicted molar refractivity (Wildman–Crippen MR) is 141 cm³/mol. The Kier molecular flexibility index (Phi) is 8.37. The lowest BCUT2D eigenvalue weighted by molar-refractivity contribution is -0.147. The SMILES string of the molecule is C=C(C)C(=O)OC1=CC=C(C2=CC=C(C3=CC=C(C(C)(C)C(C)OC(=O)C(=C)C)CC3)CC2)CC1. The third-order valence-electron chi connectivity index (χ3n) is 7.28. The van der Waals surface area contributed by atoms with Gasteiger partial charge < -0.3 is 9.47 Å². The number of rotatable bonds is 8. The molecule has 0 aliphatic heterocycles. The molecule has 0 spiro atoms. The minimum Gasteiger partial charge on any atom is -0.458 e. The summed E-state index contributed by atoms with van der Waals surface area (Å²) in [5.74, 6) is 0.0121. The lowest BCUT2D eigenvalue weighted by Gasteiger charge is -2.35. The third-order valence-corrected chi connectivity index (χ3v) is 7.28. The lowest BCUT2D eigenvalue weighted by Crippen LogP contribution is -2.34. The zero-order valence-electron chi connectivity index (χ0n) is 21.8. The maximum Gasteiger partial charge on any atom is 0.338 e. The summed E-state index contributed by atoms with van der Waals surface area (Å²) in [4.78, 5) is 23.7. The lowest BCUT2D eigenvalue weighted by atomic mass is 9.74. The smallest absolute Gasteiger partial charge is 0.338 e. The van der Waals surface area contributed by atoms with E-state index < -0.39 is 0 Å². The molecule has 0 aromatic carbocycles. The molecule has 35 heavy (non-hydrogen) atoms. The summed E-state index contributed by atoms with van der Waals surface area (Å²) in [6.07, 6.45) is 18.3. The van der Waals surface area contributed by atoms with Crippen LogP contribution in [-0.2, 0) is 19.1 Å². The van der Waals surface area contributed by atoms with Crippen LogP contribution in [0.2, 0.25) is 0 Å². The summed E-state index contributed by atoms with van der Waals surface area (Å²) >= 11 is 0. The van der Waals surface area contributed by atoms with Crippen molar-refractivity contribution < 1.29 is 19.1 Å². The predicted octanol–water partition coefficient (Wildman–Crippen LogP) is 7.54. The second-order valence-electron chi connectivity index (χ2n) is 10.3. The van der Waals surface area contributed by atoms with Gasteiger partial charge in [-0.2, -0.15) is 0 Å². The van der Waals surface area contributed by atoms with E-state index >= 15 is 0 Å². The minimum absolute atomic E-state index is 0.227. The van der Waals surface area contributed by atoms with Crippen molar-refractivity contribution >= 4 is 11.9 Å². The molecule has 4 heteroatoms. The van der Waals surface area contributed by atoms with Crippen molar-refractivity contribution in [3.63, 3.8) is 0 Å². The first-order valence-corrected chi connectivity index (χ1v) is 12.4. The highest BCUT2D eigenvalue weighted by Crippen LogP contribution is 2.41. The molecule has 0 N–H and O–H groups in total. The Labute approximate surface area is 210 Å². The molecule has 4 nitrogen and oxygen atoms in total. The number of hydrogen-bond acceptors (Lipinski definition) is 4. The Hall–Kier alpha value is -3.14. The van der Waals surface area contributed by atoms with Gasteiger partial charge in [0.2, 0.25) is 0 Å². The topological polar surface area (TPSA) is 52.6 Å². The molecule has 0 radical (unpaired) electrons. The average molecular weight is 475 g/mol. The zero-order valence-corrected chi connectivity index (χ0v) is 21.8. The van der Waals surface area contributed by atoms with E-state index in [1.165, 1.54) is 27.9 Å². The van der Waals surface area contributed by atoms with Gasteiger partial charge in [-0.1, -0.05) is 63.0 Å². The van der Waals surface area contributed by atoms with Gasteiger partial charge in [-0.15, -0.1) is 0 Å². The van der Waals surface area contributed by atoms with Gasteiger partial charge in [-0.05, 0) is 81.2 Å². The molecule has 0 saturated heterocycles. The van der Waals surface area contributed by atoms with E-state index in [-0.39, 0.29) is 23.5 Å². The highest BCUT2D eigenvalue weighted by Gasteiger charge is 2.33. The van der Waals surface area contributed by atoms with Gasteiger partial charge in [0, 0.05) is 23.0 Å². The molecule has 0 bridgehead atoms. The highest BCUT2D eigenvalue weighted by molar-refractivity contribution is 5.88. The van der Waals surface area contributed by atoms with Crippen molar-refractivity contribution in [3.8, 4) is 0 Å².